The average molecular weight is 533 g/mol. The van der Waals surface area contributed by atoms with Crippen molar-refractivity contribution < 1.29 is 14.7 Å². The number of carbonyl (C=O) groups is 2. The van der Waals surface area contributed by atoms with E-state index in [4.69, 9.17) is 15.8 Å². The summed E-state index contributed by atoms with van der Waals surface area (Å²) in [5, 5.41) is 12.0. The number of hydrogen-bond donors (Lipinski definition) is 3. The highest BCUT2D eigenvalue weighted by Gasteiger charge is 2.21. The molecule has 194 valence electrons. The van der Waals surface area contributed by atoms with Gasteiger partial charge in [0.1, 0.15) is 0 Å². The highest BCUT2D eigenvalue weighted by atomic mass is 35.5. The second-order valence-corrected chi connectivity index (χ2v) is 9.10. The molecular formula is C28H35Cl2N3O3. The van der Waals surface area contributed by atoms with Gasteiger partial charge in [0.05, 0.1) is 12.0 Å². The Kier molecular flexibility index (Phi) is 12.1. The summed E-state index contributed by atoms with van der Waals surface area (Å²) >= 11 is 0. The highest BCUT2D eigenvalue weighted by molar-refractivity contribution is 5.87. The van der Waals surface area contributed by atoms with Gasteiger partial charge in [-0.15, -0.1) is 24.8 Å². The van der Waals surface area contributed by atoms with Crippen molar-refractivity contribution in [1.29, 1.82) is 0 Å². The van der Waals surface area contributed by atoms with Crippen molar-refractivity contribution in [3.8, 4) is 11.1 Å². The van der Waals surface area contributed by atoms with Gasteiger partial charge in [-0.25, -0.2) is 4.79 Å². The zero-order valence-electron chi connectivity index (χ0n) is 21.1. The number of carboxylic acids is 1. The van der Waals surface area contributed by atoms with Crippen molar-refractivity contribution >= 4 is 36.7 Å². The SMILES string of the molecule is Cc1ccc(-c2c(CC(=O)NCc3ccc(C(=O)O)cc3)c(C)nc(CC(C)C)c2CN)cc1.Cl.Cl. The third-order valence-electron chi connectivity index (χ3n) is 5.87. The standard InChI is InChI=1S/C28H33N3O3.2ClH/c1-17(2)13-25-24(15-29)27(21-9-5-18(3)6-10-21)23(19(4)31-25)14-26(32)30-16-20-7-11-22(12-8-20)28(33)34;;/h5-12,17H,13-16,29H2,1-4H3,(H,30,32)(H,33,34);2*1H. The number of nitrogens with zero attached hydrogens (tertiary/aromatic N) is 1. The summed E-state index contributed by atoms with van der Waals surface area (Å²) in [5.41, 5.74) is 14.2. The summed E-state index contributed by atoms with van der Waals surface area (Å²) in [6, 6.07) is 14.8. The largest absolute Gasteiger partial charge is 0.478 e. The van der Waals surface area contributed by atoms with Gasteiger partial charge < -0.3 is 16.2 Å². The van der Waals surface area contributed by atoms with Crippen LogP contribution < -0.4 is 11.1 Å². The van der Waals surface area contributed by atoms with E-state index in [-0.39, 0.29) is 42.7 Å². The van der Waals surface area contributed by atoms with Crippen LogP contribution in [0, 0.1) is 19.8 Å². The number of benzene rings is 2. The fraction of sp³-hybridized carbons (Fsp3) is 0.321. The Morgan fingerprint density at radius 2 is 1.58 bits per heavy atom. The van der Waals surface area contributed by atoms with Gasteiger partial charge in [-0.1, -0.05) is 55.8 Å². The molecule has 0 spiro atoms. The fourth-order valence-electron chi connectivity index (χ4n) is 4.09. The van der Waals surface area contributed by atoms with Crippen LogP contribution >= 0.6 is 24.8 Å². The summed E-state index contributed by atoms with van der Waals surface area (Å²) in [5.74, 6) is -0.663. The first kappa shape index (κ1) is 31.1. The first-order chi connectivity index (χ1) is 16.2. The molecular weight excluding hydrogens is 497 g/mol. The monoisotopic (exact) mass is 531 g/mol. The van der Waals surface area contributed by atoms with Crippen molar-refractivity contribution in [3.63, 3.8) is 0 Å². The van der Waals surface area contributed by atoms with Crippen LogP contribution in [0.25, 0.3) is 11.1 Å². The molecule has 0 saturated heterocycles. The summed E-state index contributed by atoms with van der Waals surface area (Å²) < 4.78 is 0. The lowest BCUT2D eigenvalue weighted by atomic mass is 9.88. The van der Waals surface area contributed by atoms with Crippen molar-refractivity contribution in [2.45, 2.75) is 53.6 Å². The minimum absolute atomic E-state index is 0. The molecule has 0 atom stereocenters. The molecule has 1 aromatic heterocycles. The Morgan fingerprint density at radius 1 is 0.972 bits per heavy atom. The minimum Gasteiger partial charge on any atom is -0.478 e. The number of halogens is 2. The second kappa shape index (κ2) is 14.0. The van der Waals surface area contributed by atoms with Crippen LogP contribution in [0.2, 0.25) is 0 Å². The highest BCUT2D eigenvalue weighted by Crippen LogP contribution is 2.33. The topological polar surface area (TPSA) is 105 Å². The van der Waals surface area contributed by atoms with E-state index in [0.29, 0.717) is 19.0 Å². The third kappa shape index (κ3) is 7.79. The molecule has 0 aliphatic rings. The number of aromatic nitrogens is 1. The predicted molar refractivity (Wildman–Crippen MR) is 149 cm³/mol. The molecule has 0 fully saturated rings. The maximum absolute atomic E-state index is 12.9. The van der Waals surface area contributed by atoms with E-state index in [0.717, 1.165) is 45.6 Å². The Labute approximate surface area is 225 Å². The number of aromatic carboxylic acids is 1. The van der Waals surface area contributed by atoms with Crippen LogP contribution in [0.4, 0.5) is 0 Å². The first-order valence-corrected chi connectivity index (χ1v) is 11.6. The fourth-order valence-corrected chi connectivity index (χ4v) is 4.09. The van der Waals surface area contributed by atoms with E-state index in [1.54, 1.807) is 12.1 Å². The summed E-state index contributed by atoms with van der Waals surface area (Å²) in [7, 11) is 0. The zero-order valence-corrected chi connectivity index (χ0v) is 22.8. The van der Waals surface area contributed by atoms with Gasteiger partial charge in [0.2, 0.25) is 5.91 Å². The summed E-state index contributed by atoms with van der Waals surface area (Å²) in [6.45, 7) is 8.99. The number of rotatable bonds is 9. The molecule has 3 rings (SSSR count). The smallest absolute Gasteiger partial charge is 0.335 e. The van der Waals surface area contributed by atoms with E-state index in [9.17, 15) is 9.59 Å². The lowest BCUT2D eigenvalue weighted by molar-refractivity contribution is -0.120. The van der Waals surface area contributed by atoms with E-state index in [1.165, 1.54) is 17.7 Å². The average Bonchev–Trinajstić information content (AvgIpc) is 2.79. The molecule has 4 N–H and O–H groups in total. The summed E-state index contributed by atoms with van der Waals surface area (Å²) in [4.78, 5) is 28.9. The molecule has 1 heterocycles. The van der Waals surface area contributed by atoms with Gasteiger partial charge in [-0.3, -0.25) is 9.78 Å². The van der Waals surface area contributed by atoms with Crippen molar-refractivity contribution in [3.05, 3.63) is 87.7 Å². The van der Waals surface area contributed by atoms with Crippen molar-refractivity contribution in [2.75, 3.05) is 0 Å². The molecule has 0 aliphatic carbocycles. The van der Waals surface area contributed by atoms with Crippen molar-refractivity contribution in [2.24, 2.45) is 11.7 Å². The lowest BCUT2D eigenvalue weighted by Gasteiger charge is -2.21. The number of nitrogens with one attached hydrogen (secondary N) is 1. The predicted octanol–water partition coefficient (Wildman–Crippen LogP) is 5.42. The molecule has 36 heavy (non-hydrogen) atoms. The second-order valence-electron chi connectivity index (χ2n) is 9.10. The molecule has 0 saturated carbocycles. The van der Waals surface area contributed by atoms with E-state index < -0.39 is 5.97 Å². The quantitative estimate of drug-likeness (QED) is 0.341. The molecule has 1 amide bonds. The van der Waals surface area contributed by atoms with E-state index in [1.807, 2.05) is 13.8 Å². The lowest BCUT2D eigenvalue weighted by Crippen LogP contribution is -2.26. The van der Waals surface area contributed by atoms with Crippen LogP contribution in [0.5, 0.6) is 0 Å². The molecule has 2 aromatic carbocycles. The number of carbonyl (C=O) groups excluding carboxylic acids is 1. The van der Waals surface area contributed by atoms with E-state index >= 15 is 0 Å². The van der Waals surface area contributed by atoms with Crippen LogP contribution in [-0.4, -0.2) is 22.0 Å². The van der Waals surface area contributed by atoms with Gasteiger partial charge in [0, 0.05) is 24.5 Å². The molecule has 0 radical (unpaired) electrons. The molecule has 3 aromatic rings. The summed E-state index contributed by atoms with van der Waals surface area (Å²) in [6.07, 6.45) is 1.01. The molecule has 0 bridgehead atoms. The van der Waals surface area contributed by atoms with Crippen LogP contribution in [0.15, 0.2) is 48.5 Å². The van der Waals surface area contributed by atoms with Crippen LogP contribution in [-0.2, 0) is 30.7 Å². The van der Waals surface area contributed by atoms with Gasteiger partial charge in [-0.05, 0) is 66.1 Å². The number of carboxylic acid groups (broad SMARTS) is 1. The number of hydrogen-bond acceptors (Lipinski definition) is 4. The Bertz CT molecular complexity index is 1180. The van der Waals surface area contributed by atoms with Gasteiger partial charge in [0.25, 0.3) is 0 Å². The van der Waals surface area contributed by atoms with Crippen LogP contribution in [0.3, 0.4) is 0 Å². The maximum Gasteiger partial charge on any atom is 0.335 e. The van der Waals surface area contributed by atoms with Gasteiger partial charge in [0.15, 0.2) is 0 Å². The van der Waals surface area contributed by atoms with Crippen LogP contribution in [0.1, 0.15) is 57.8 Å². The van der Waals surface area contributed by atoms with Gasteiger partial charge in [-0.2, -0.15) is 0 Å². The molecule has 0 aliphatic heterocycles. The Balaban J connectivity index is 0.00000324. The normalized spacial score (nSPS) is 10.4. The number of nitrogens with two attached hydrogens (primary N) is 1. The molecule has 8 heteroatoms. The number of aryl methyl sites for hydroxylation is 2. The Hall–Kier alpha value is -2.93. The third-order valence-corrected chi connectivity index (χ3v) is 5.87. The Morgan fingerprint density at radius 3 is 2.11 bits per heavy atom. The van der Waals surface area contributed by atoms with Gasteiger partial charge >= 0.3 is 5.97 Å². The first-order valence-electron chi connectivity index (χ1n) is 11.6. The zero-order chi connectivity index (χ0) is 24.8. The minimum atomic E-state index is -0.973. The molecule has 6 nitrogen and oxygen atoms in total. The molecule has 0 unspecified atom stereocenters. The van der Waals surface area contributed by atoms with E-state index in [2.05, 4.69) is 43.4 Å². The number of amides is 1. The van der Waals surface area contributed by atoms with Crippen molar-refractivity contribution in [1.82, 2.24) is 10.3 Å². The maximum atomic E-state index is 12.9. The number of pyridine rings is 1.